The first-order valence-corrected chi connectivity index (χ1v) is 13.3. The van der Waals surface area contributed by atoms with E-state index in [4.69, 9.17) is 4.74 Å². The summed E-state index contributed by atoms with van der Waals surface area (Å²) in [5, 5.41) is 22.6. The second kappa shape index (κ2) is 11.3. The number of allylic oxidation sites excluding steroid dienone is 1. The van der Waals surface area contributed by atoms with Crippen LogP contribution in [0.3, 0.4) is 0 Å². The van der Waals surface area contributed by atoms with Gasteiger partial charge in [-0.2, -0.15) is 0 Å². The van der Waals surface area contributed by atoms with Crippen molar-refractivity contribution in [2.75, 3.05) is 0 Å². The number of benzene rings is 1. The molecule has 6 nitrogen and oxygen atoms in total. The Morgan fingerprint density at radius 2 is 1.86 bits per heavy atom. The molecule has 2 heterocycles. The number of fused-ring (bicyclic) bond motifs is 1. The number of aryl methyl sites for hydroxylation is 1. The lowest BCUT2D eigenvalue weighted by atomic mass is 9.73. The monoisotopic (exact) mass is 501 g/mol. The minimum atomic E-state index is -1.22. The Kier molecular flexibility index (Phi) is 8.89. The molecule has 1 aromatic carbocycles. The molecular weight excluding hydrogens is 462 g/mol. The van der Waals surface area contributed by atoms with E-state index in [1.54, 1.807) is 32.1 Å². The van der Waals surface area contributed by atoms with Crippen molar-refractivity contribution >= 4 is 33.3 Å². The van der Waals surface area contributed by atoms with Gasteiger partial charge in [0.2, 0.25) is 0 Å². The van der Waals surface area contributed by atoms with Crippen LogP contribution in [0.5, 0.6) is 0 Å². The molecule has 1 aliphatic heterocycles. The molecule has 5 atom stereocenters. The first kappa shape index (κ1) is 27.5. The highest BCUT2D eigenvalue weighted by Crippen LogP contribution is 2.34. The van der Waals surface area contributed by atoms with E-state index < -0.39 is 35.6 Å². The molecule has 0 saturated heterocycles. The van der Waals surface area contributed by atoms with Gasteiger partial charge in [0.1, 0.15) is 11.9 Å². The summed E-state index contributed by atoms with van der Waals surface area (Å²) in [7, 11) is 0. The second-order valence-corrected chi connectivity index (χ2v) is 11.9. The van der Waals surface area contributed by atoms with Crippen LogP contribution < -0.4 is 0 Å². The summed E-state index contributed by atoms with van der Waals surface area (Å²) in [5.74, 6) is -1.49. The number of aliphatic hydroxyl groups is 2. The number of esters is 1. The van der Waals surface area contributed by atoms with Crippen LogP contribution in [0.25, 0.3) is 10.2 Å². The van der Waals surface area contributed by atoms with Crippen molar-refractivity contribution in [1.82, 2.24) is 4.98 Å². The Morgan fingerprint density at radius 1 is 1.14 bits per heavy atom. The predicted octanol–water partition coefficient (Wildman–Crippen LogP) is 5.69. The molecule has 0 saturated carbocycles. The molecule has 0 fully saturated rings. The highest BCUT2D eigenvalue weighted by molar-refractivity contribution is 7.18. The molecule has 192 valence electrons. The van der Waals surface area contributed by atoms with E-state index in [0.717, 1.165) is 40.1 Å². The average Bonchev–Trinajstić information content (AvgIpc) is 3.18. The molecule has 7 heteroatoms. The molecule has 1 aromatic heterocycles. The third-order valence-electron chi connectivity index (χ3n) is 7.41. The van der Waals surface area contributed by atoms with E-state index in [0.29, 0.717) is 6.42 Å². The van der Waals surface area contributed by atoms with Crippen LogP contribution in [0.1, 0.15) is 83.4 Å². The maximum Gasteiger partial charge on any atom is 0.309 e. The summed E-state index contributed by atoms with van der Waals surface area (Å²) in [5.41, 5.74) is 1.81. The second-order valence-electron chi connectivity index (χ2n) is 10.7. The number of ether oxygens (including phenoxy) is 1. The molecule has 0 unspecified atom stereocenters. The maximum atomic E-state index is 13.2. The van der Waals surface area contributed by atoms with Gasteiger partial charge in [-0.3, -0.25) is 9.59 Å². The maximum absolute atomic E-state index is 13.2. The molecule has 0 radical (unpaired) electrons. The third kappa shape index (κ3) is 6.57. The summed E-state index contributed by atoms with van der Waals surface area (Å²) in [6.45, 7) is 11.0. The number of carbonyl (C=O) groups excluding carboxylic acids is 2. The molecule has 2 N–H and O–H groups in total. The normalized spacial score (nSPS) is 31.1. The number of Topliss-reactive ketones (excluding diaryl/α,β-unsaturated/α-hetero) is 1. The molecule has 2 aromatic rings. The molecule has 1 aliphatic rings. The Bertz CT molecular complexity index is 1090. The lowest BCUT2D eigenvalue weighted by Gasteiger charge is -2.34. The number of rotatable bonds is 1. The number of nitrogens with zero attached hydrogens (tertiary/aromatic N) is 1. The minimum Gasteiger partial charge on any atom is -0.457 e. The van der Waals surface area contributed by atoms with Crippen LogP contribution in [0.15, 0.2) is 29.8 Å². The van der Waals surface area contributed by atoms with Crippen LogP contribution in [0, 0.1) is 24.2 Å². The topological polar surface area (TPSA) is 96.7 Å². The van der Waals surface area contributed by atoms with Gasteiger partial charge in [0, 0.05) is 12.3 Å². The molecule has 0 bridgehead atoms. The van der Waals surface area contributed by atoms with Gasteiger partial charge in [-0.05, 0) is 56.7 Å². The molecule has 0 spiro atoms. The standard InChI is InChI=1S/C28H39NO5S/c1-16-8-7-9-17(2)26(32)18(3)27(33)28(5,6)24(30)15-25(31)34-22(13-10-16)20-11-12-21-23(14-20)35-19(4)29-21/h10-12,14,17-18,22,24,26,30,32H,7-9,13,15H2,1-6H3/b16-10-/t17-,18+,22-,24-,26-/m0/s1. The SMILES string of the molecule is C/C1=C/C[C@@H](c2ccc3nc(C)sc3c2)OC(=O)C[C@H](O)C(C)(C)C(=O)[C@H](C)[C@@H](O)[C@@H](C)CCC1. The fourth-order valence-corrected chi connectivity index (χ4v) is 5.69. The zero-order valence-electron chi connectivity index (χ0n) is 21.7. The number of ketones is 1. The largest absolute Gasteiger partial charge is 0.457 e. The third-order valence-corrected chi connectivity index (χ3v) is 8.35. The smallest absolute Gasteiger partial charge is 0.309 e. The van der Waals surface area contributed by atoms with Crippen molar-refractivity contribution in [3.05, 3.63) is 40.4 Å². The van der Waals surface area contributed by atoms with Gasteiger partial charge in [0.15, 0.2) is 0 Å². The van der Waals surface area contributed by atoms with Crippen molar-refractivity contribution in [3.63, 3.8) is 0 Å². The van der Waals surface area contributed by atoms with Crippen molar-refractivity contribution in [2.45, 2.75) is 92.0 Å². The first-order chi connectivity index (χ1) is 16.4. The summed E-state index contributed by atoms with van der Waals surface area (Å²) >= 11 is 1.60. The number of hydrogen-bond donors (Lipinski definition) is 2. The predicted molar refractivity (Wildman–Crippen MR) is 139 cm³/mol. The fourth-order valence-electron chi connectivity index (χ4n) is 4.81. The zero-order valence-corrected chi connectivity index (χ0v) is 22.5. The number of thiazole rings is 1. The van der Waals surface area contributed by atoms with E-state index in [-0.39, 0.29) is 18.1 Å². The average molecular weight is 502 g/mol. The molecule has 0 aliphatic carbocycles. The van der Waals surface area contributed by atoms with Crippen molar-refractivity contribution in [3.8, 4) is 0 Å². The van der Waals surface area contributed by atoms with E-state index in [1.165, 1.54) is 5.57 Å². The van der Waals surface area contributed by atoms with Crippen LogP contribution in [0.2, 0.25) is 0 Å². The van der Waals surface area contributed by atoms with Gasteiger partial charge in [-0.1, -0.05) is 45.4 Å². The van der Waals surface area contributed by atoms with Crippen molar-refractivity contribution in [1.29, 1.82) is 0 Å². The Hall–Kier alpha value is -2.09. The van der Waals surface area contributed by atoms with Crippen LogP contribution in [-0.2, 0) is 14.3 Å². The van der Waals surface area contributed by atoms with E-state index in [1.807, 2.05) is 32.0 Å². The minimum absolute atomic E-state index is 0.0464. The number of aliphatic hydroxyl groups excluding tert-OH is 2. The zero-order chi connectivity index (χ0) is 25.9. The first-order valence-electron chi connectivity index (χ1n) is 12.5. The Labute approximate surface area is 212 Å². The van der Waals surface area contributed by atoms with Gasteiger partial charge in [0.05, 0.1) is 39.3 Å². The number of cyclic esters (lactones) is 1. The highest BCUT2D eigenvalue weighted by atomic mass is 32.1. The fraction of sp³-hybridized carbons (Fsp3) is 0.607. The quantitative estimate of drug-likeness (QED) is 0.385. The number of hydrogen-bond acceptors (Lipinski definition) is 7. The molecular formula is C28H39NO5S. The number of aromatic nitrogens is 1. The van der Waals surface area contributed by atoms with Crippen LogP contribution in [-0.4, -0.2) is 39.2 Å². The van der Waals surface area contributed by atoms with E-state index >= 15 is 0 Å². The van der Waals surface area contributed by atoms with Crippen molar-refractivity contribution in [2.24, 2.45) is 17.3 Å². The summed E-state index contributed by atoms with van der Waals surface area (Å²) < 4.78 is 6.92. The lowest BCUT2D eigenvalue weighted by molar-refractivity contribution is -0.155. The summed E-state index contributed by atoms with van der Waals surface area (Å²) in [6.07, 6.45) is 2.39. The Morgan fingerprint density at radius 3 is 2.57 bits per heavy atom. The number of carbonyl (C=O) groups is 2. The van der Waals surface area contributed by atoms with Crippen molar-refractivity contribution < 1.29 is 24.5 Å². The van der Waals surface area contributed by atoms with E-state index in [9.17, 15) is 19.8 Å². The van der Waals surface area contributed by atoms with E-state index in [2.05, 4.69) is 18.0 Å². The van der Waals surface area contributed by atoms with Crippen LogP contribution >= 0.6 is 11.3 Å². The molecule has 35 heavy (non-hydrogen) atoms. The van der Waals surface area contributed by atoms with Gasteiger partial charge in [-0.25, -0.2) is 4.98 Å². The molecule has 0 amide bonds. The summed E-state index contributed by atoms with van der Waals surface area (Å²) in [4.78, 5) is 30.7. The van der Waals surface area contributed by atoms with Crippen LogP contribution in [0.4, 0.5) is 0 Å². The summed E-state index contributed by atoms with van der Waals surface area (Å²) in [6, 6.07) is 5.91. The van der Waals surface area contributed by atoms with Gasteiger partial charge < -0.3 is 14.9 Å². The lowest BCUT2D eigenvalue weighted by Crippen LogP contribution is -2.45. The van der Waals surface area contributed by atoms with Gasteiger partial charge in [0.25, 0.3) is 0 Å². The highest BCUT2D eigenvalue weighted by Gasteiger charge is 2.42. The molecule has 3 rings (SSSR count). The van der Waals surface area contributed by atoms with Gasteiger partial charge >= 0.3 is 5.97 Å². The Balaban J connectivity index is 1.91. The van der Waals surface area contributed by atoms with Gasteiger partial charge in [-0.15, -0.1) is 11.3 Å².